The second-order valence-corrected chi connectivity index (χ2v) is 5.37. The number of nitrogens with one attached hydrogen (secondary N) is 2. The van der Waals surface area contributed by atoms with E-state index in [1.807, 2.05) is 6.92 Å². The highest BCUT2D eigenvalue weighted by molar-refractivity contribution is 6.31. The average molecular weight is 313 g/mol. The van der Waals surface area contributed by atoms with Gasteiger partial charge in [0.15, 0.2) is 0 Å². The van der Waals surface area contributed by atoms with Gasteiger partial charge in [0.2, 0.25) is 0 Å². The van der Waals surface area contributed by atoms with Crippen molar-refractivity contribution in [2.45, 2.75) is 31.9 Å². The standard InChI is InChI=1S/C14H17ClN2O4/c1-8(12-3-2-6-21-12)16-14(20)17-11-5-4-9(15)7-10(11)13(18)19/h4-5,7-8,12H,2-3,6H2,1H3,(H,18,19)(H2,16,17,20). The van der Waals surface area contributed by atoms with Gasteiger partial charge in [-0.3, -0.25) is 0 Å². The maximum Gasteiger partial charge on any atom is 0.337 e. The average Bonchev–Trinajstić information content (AvgIpc) is 2.94. The molecule has 1 saturated heterocycles. The molecule has 1 heterocycles. The highest BCUT2D eigenvalue weighted by Crippen LogP contribution is 2.21. The number of carboxylic acids is 1. The van der Waals surface area contributed by atoms with E-state index in [1.165, 1.54) is 18.2 Å². The molecule has 0 bridgehead atoms. The molecule has 0 aromatic heterocycles. The summed E-state index contributed by atoms with van der Waals surface area (Å²) in [7, 11) is 0. The molecule has 1 aromatic rings. The van der Waals surface area contributed by atoms with Gasteiger partial charge in [-0.25, -0.2) is 9.59 Å². The van der Waals surface area contributed by atoms with Crippen LogP contribution in [0.4, 0.5) is 10.5 Å². The summed E-state index contributed by atoms with van der Waals surface area (Å²) in [4.78, 5) is 23.1. The predicted octanol–water partition coefficient (Wildman–Crippen LogP) is 2.73. The zero-order chi connectivity index (χ0) is 15.4. The Morgan fingerprint density at radius 2 is 2.24 bits per heavy atom. The first-order chi connectivity index (χ1) is 9.97. The summed E-state index contributed by atoms with van der Waals surface area (Å²) in [6.45, 7) is 2.56. The van der Waals surface area contributed by atoms with Gasteiger partial charge in [0.25, 0.3) is 0 Å². The first-order valence-electron chi connectivity index (χ1n) is 6.69. The Hall–Kier alpha value is -1.79. The lowest BCUT2D eigenvalue weighted by Crippen LogP contribution is -2.43. The molecule has 21 heavy (non-hydrogen) atoms. The maximum atomic E-state index is 11.9. The van der Waals surface area contributed by atoms with Gasteiger partial charge in [0, 0.05) is 11.6 Å². The van der Waals surface area contributed by atoms with E-state index < -0.39 is 12.0 Å². The van der Waals surface area contributed by atoms with E-state index in [0.29, 0.717) is 11.6 Å². The van der Waals surface area contributed by atoms with Gasteiger partial charge in [-0.1, -0.05) is 11.6 Å². The smallest absolute Gasteiger partial charge is 0.337 e. The monoisotopic (exact) mass is 312 g/mol. The zero-order valence-corrected chi connectivity index (χ0v) is 12.3. The lowest BCUT2D eigenvalue weighted by Gasteiger charge is -2.20. The van der Waals surface area contributed by atoms with Crippen molar-refractivity contribution in [3.8, 4) is 0 Å². The van der Waals surface area contributed by atoms with Crippen molar-refractivity contribution in [3.05, 3.63) is 28.8 Å². The molecule has 2 rings (SSSR count). The fourth-order valence-electron chi connectivity index (χ4n) is 2.26. The fourth-order valence-corrected chi connectivity index (χ4v) is 2.43. The number of benzene rings is 1. The molecule has 6 nitrogen and oxygen atoms in total. The van der Waals surface area contributed by atoms with Gasteiger partial charge in [-0.15, -0.1) is 0 Å². The van der Waals surface area contributed by atoms with Crippen molar-refractivity contribution in [3.63, 3.8) is 0 Å². The molecule has 7 heteroatoms. The number of rotatable bonds is 4. The molecule has 2 unspecified atom stereocenters. The second kappa shape index (κ2) is 6.78. The molecule has 2 amide bonds. The Bertz CT molecular complexity index is 544. The molecule has 0 aliphatic carbocycles. The highest BCUT2D eigenvalue weighted by atomic mass is 35.5. The van der Waals surface area contributed by atoms with Crippen LogP contribution < -0.4 is 10.6 Å². The number of hydrogen-bond donors (Lipinski definition) is 3. The van der Waals surface area contributed by atoms with Gasteiger partial charge in [-0.05, 0) is 38.0 Å². The number of carboxylic acid groups (broad SMARTS) is 1. The molecule has 2 atom stereocenters. The van der Waals surface area contributed by atoms with Gasteiger partial charge in [-0.2, -0.15) is 0 Å². The normalized spacial score (nSPS) is 19.0. The molecular weight excluding hydrogens is 296 g/mol. The van der Waals surface area contributed by atoms with Crippen LogP contribution in [0.2, 0.25) is 5.02 Å². The number of halogens is 1. The highest BCUT2D eigenvalue weighted by Gasteiger charge is 2.24. The lowest BCUT2D eigenvalue weighted by molar-refractivity contribution is 0.0698. The third-order valence-corrected chi connectivity index (χ3v) is 3.58. The molecule has 1 aliphatic heterocycles. The lowest BCUT2D eigenvalue weighted by atomic mass is 10.1. The van der Waals surface area contributed by atoms with E-state index in [0.717, 1.165) is 12.8 Å². The molecule has 3 N–H and O–H groups in total. The Morgan fingerprint density at radius 3 is 2.86 bits per heavy atom. The van der Waals surface area contributed by atoms with Crippen LogP contribution in [-0.4, -0.2) is 35.9 Å². The van der Waals surface area contributed by atoms with Crippen molar-refractivity contribution < 1.29 is 19.4 Å². The first-order valence-corrected chi connectivity index (χ1v) is 7.07. The number of carbonyl (C=O) groups is 2. The van der Waals surface area contributed by atoms with Gasteiger partial charge < -0.3 is 20.5 Å². The van der Waals surface area contributed by atoms with Crippen LogP contribution in [-0.2, 0) is 4.74 Å². The third-order valence-electron chi connectivity index (χ3n) is 3.34. The summed E-state index contributed by atoms with van der Waals surface area (Å²) in [5.41, 5.74) is 0.145. The second-order valence-electron chi connectivity index (χ2n) is 4.93. The Kier molecular flexibility index (Phi) is 5.03. The largest absolute Gasteiger partial charge is 0.478 e. The fraction of sp³-hybridized carbons (Fsp3) is 0.429. The summed E-state index contributed by atoms with van der Waals surface area (Å²) >= 11 is 5.76. The summed E-state index contributed by atoms with van der Waals surface area (Å²) in [6.07, 6.45) is 1.89. The topological polar surface area (TPSA) is 87.7 Å². The van der Waals surface area contributed by atoms with E-state index in [2.05, 4.69) is 10.6 Å². The minimum absolute atomic E-state index is 0.0000815. The van der Waals surface area contributed by atoms with Crippen molar-refractivity contribution in [1.82, 2.24) is 5.32 Å². The number of carbonyl (C=O) groups excluding carboxylic acids is 1. The number of ether oxygens (including phenoxy) is 1. The van der Waals surface area contributed by atoms with E-state index >= 15 is 0 Å². The van der Waals surface area contributed by atoms with E-state index in [9.17, 15) is 9.59 Å². The Balaban J connectivity index is 2.00. The van der Waals surface area contributed by atoms with Crippen LogP contribution in [0.5, 0.6) is 0 Å². The molecular formula is C14H17ClN2O4. The molecule has 1 aliphatic rings. The molecule has 0 radical (unpaired) electrons. The van der Waals surface area contributed by atoms with Gasteiger partial charge in [0.1, 0.15) is 0 Å². The maximum absolute atomic E-state index is 11.9. The van der Waals surface area contributed by atoms with Gasteiger partial charge >= 0.3 is 12.0 Å². The summed E-state index contributed by atoms with van der Waals surface area (Å²) in [5, 5.41) is 14.7. The van der Waals surface area contributed by atoms with Crippen molar-refractivity contribution >= 4 is 29.3 Å². The molecule has 0 spiro atoms. The number of anilines is 1. The predicted molar refractivity (Wildman–Crippen MR) is 79.0 cm³/mol. The van der Waals surface area contributed by atoms with Crippen molar-refractivity contribution in [2.24, 2.45) is 0 Å². The third kappa shape index (κ3) is 4.09. The summed E-state index contributed by atoms with van der Waals surface area (Å²) < 4.78 is 5.49. The molecule has 1 fully saturated rings. The van der Waals surface area contributed by atoms with Crippen LogP contribution in [0.15, 0.2) is 18.2 Å². The van der Waals surface area contributed by atoms with E-state index in [-0.39, 0.29) is 23.4 Å². The zero-order valence-electron chi connectivity index (χ0n) is 11.6. The van der Waals surface area contributed by atoms with Crippen LogP contribution in [0.3, 0.4) is 0 Å². The van der Waals surface area contributed by atoms with Crippen LogP contribution in [0.25, 0.3) is 0 Å². The summed E-state index contributed by atoms with van der Waals surface area (Å²) in [6, 6.07) is 3.66. The first kappa shape index (κ1) is 15.6. The van der Waals surface area contributed by atoms with E-state index in [1.54, 1.807) is 0 Å². The van der Waals surface area contributed by atoms with Crippen molar-refractivity contribution in [2.75, 3.05) is 11.9 Å². The quantitative estimate of drug-likeness (QED) is 0.797. The number of hydrogen-bond acceptors (Lipinski definition) is 3. The Labute approximate surface area is 127 Å². The minimum atomic E-state index is -1.15. The number of amides is 2. The van der Waals surface area contributed by atoms with E-state index in [4.69, 9.17) is 21.4 Å². The van der Waals surface area contributed by atoms with Crippen LogP contribution in [0.1, 0.15) is 30.1 Å². The van der Waals surface area contributed by atoms with Crippen molar-refractivity contribution in [1.29, 1.82) is 0 Å². The minimum Gasteiger partial charge on any atom is -0.478 e. The number of aromatic carboxylic acids is 1. The molecule has 0 saturated carbocycles. The SMILES string of the molecule is CC(NC(=O)Nc1ccc(Cl)cc1C(=O)O)C1CCCO1. The van der Waals surface area contributed by atoms with Crippen LogP contribution >= 0.6 is 11.6 Å². The number of urea groups is 1. The van der Waals surface area contributed by atoms with Gasteiger partial charge in [0.05, 0.1) is 23.4 Å². The van der Waals surface area contributed by atoms with Crippen LogP contribution in [0, 0.1) is 0 Å². The Morgan fingerprint density at radius 1 is 1.48 bits per heavy atom. The summed E-state index contributed by atoms with van der Waals surface area (Å²) in [5.74, 6) is -1.15. The molecule has 114 valence electrons. The molecule has 1 aromatic carbocycles.